The van der Waals surface area contributed by atoms with E-state index < -0.39 is 30.1 Å². The van der Waals surface area contributed by atoms with Gasteiger partial charge >= 0.3 is 17.9 Å². The van der Waals surface area contributed by atoms with Crippen molar-refractivity contribution in [2.75, 3.05) is 13.2 Å². The molecule has 0 aliphatic carbocycles. The molecule has 0 aromatic heterocycles. The van der Waals surface area contributed by atoms with E-state index in [2.05, 4.69) is 16.3 Å². The molecule has 0 radical (unpaired) electrons. The van der Waals surface area contributed by atoms with E-state index in [4.69, 9.17) is 24.8 Å². The van der Waals surface area contributed by atoms with Gasteiger partial charge in [-0.3, -0.25) is 9.59 Å². The molecule has 11 heteroatoms. The van der Waals surface area contributed by atoms with E-state index in [1.165, 1.54) is 6.92 Å². The number of aliphatic carboxylic acids is 2. The van der Waals surface area contributed by atoms with E-state index in [-0.39, 0.29) is 18.5 Å². The molecule has 10 nitrogen and oxygen atoms in total. The molecule has 0 saturated carbocycles. The highest BCUT2D eigenvalue weighted by Gasteiger charge is 2.21. The van der Waals surface area contributed by atoms with E-state index in [0.717, 1.165) is 6.92 Å². The average Bonchev–Trinajstić information content (AvgIpc) is 2.76. The molecule has 0 aliphatic heterocycles. The van der Waals surface area contributed by atoms with Crippen molar-refractivity contribution in [2.24, 2.45) is 0 Å². The molecule has 2 aromatic rings. The molecule has 0 unspecified atom stereocenters. The highest BCUT2D eigenvalue weighted by Crippen LogP contribution is 2.09. The number of para-hydroxylation sites is 2. The summed E-state index contributed by atoms with van der Waals surface area (Å²) >= 11 is 4.64. The monoisotopic (exact) mass is 484 g/mol. The predicted octanol–water partition coefficient (Wildman–Crippen LogP) is 2.36. The van der Waals surface area contributed by atoms with Crippen molar-refractivity contribution in [3.8, 4) is 11.5 Å². The number of carbonyl (C=O) groups excluding carboxylic acids is 2. The molecule has 2 aromatic carbocycles. The van der Waals surface area contributed by atoms with Crippen molar-refractivity contribution in [3.05, 3.63) is 60.7 Å². The largest absolute Gasteiger partial charge is 0.490 e. The number of halogens is 1. The molecule has 0 heterocycles. The zero-order valence-corrected chi connectivity index (χ0v) is 18.7. The number of aliphatic hydroxyl groups excluding tert-OH is 1. The number of esters is 1. The summed E-state index contributed by atoms with van der Waals surface area (Å²) in [7, 11) is 0. The first kappa shape index (κ1) is 29.4. The Bertz CT molecular complexity index is 854. The van der Waals surface area contributed by atoms with Crippen LogP contribution in [0.1, 0.15) is 13.8 Å². The van der Waals surface area contributed by atoms with E-state index in [1.807, 2.05) is 12.1 Å². The van der Waals surface area contributed by atoms with Crippen LogP contribution in [-0.4, -0.2) is 63.9 Å². The van der Waals surface area contributed by atoms with Crippen molar-refractivity contribution in [1.82, 2.24) is 0 Å². The Hall–Kier alpha value is -3.63. The van der Waals surface area contributed by atoms with Crippen molar-refractivity contribution in [3.63, 3.8) is 0 Å². The van der Waals surface area contributed by atoms with Crippen molar-refractivity contribution >= 4 is 34.8 Å². The first-order valence-corrected chi connectivity index (χ1v) is 9.73. The third-order valence-corrected chi connectivity index (χ3v) is 3.16. The predicted molar refractivity (Wildman–Crippen MR) is 117 cm³/mol. The van der Waals surface area contributed by atoms with Gasteiger partial charge in [0, 0.05) is 13.8 Å². The first-order chi connectivity index (χ1) is 15.5. The van der Waals surface area contributed by atoms with Crippen LogP contribution in [0.15, 0.2) is 60.7 Å². The quantitative estimate of drug-likeness (QED) is 0.356. The minimum absolute atomic E-state index is 0.209. The number of benzene rings is 2. The van der Waals surface area contributed by atoms with Crippen LogP contribution in [-0.2, 0) is 23.9 Å². The topological polar surface area (TPSA) is 157 Å². The minimum Gasteiger partial charge on any atom is -0.490 e. The average molecular weight is 485 g/mol. The molecule has 0 spiro atoms. The second kappa shape index (κ2) is 17.0. The summed E-state index contributed by atoms with van der Waals surface area (Å²) in [6.07, 6.45) is -2.75. The van der Waals surface area contributed by atoms with Crippen LogP contribution in [0, 0.1) is 0 Å². The van der Waals surface area contributed by atoms with Crippen LogP contribution < -0.4 is 9.47 Å². The molecule has 3 N–H and O–H groups in total. The summed E-state index contributed by atoms with van der Waals surface area (Å²) in [5.41, 5.74) is 0. The fourth-order valence-electron chi connectivity index (χ4n) is 1.81. The molecule has 0 saturated heterocycles. The van der Waals surface area contributed by atoms with E-state index >= 15 is 0 Å². The van der Waals surface area contributed by atoms with Gasteiger partial charge in [-0.1, -0.05) is 36.4 Å². The van der Waals surface area contributed by atoms with Crippen molar-refractivity contribution < 1.29 is 48.7 Å². The molecule has 0 amide bonds. The number of aliphatic hydroxyl groups is 1. The molecular formula is C22H25ClO10. The Morgan fingerprint density at radius 1 is 0.788 bits per heavy atom. The van der Waals surface area contributed by atoms with E-state index in [0.29, 0.717) is 11.5 Å². The van der Waals surface area contributed by atoms with Crippen molar-refractivity contribution in [1.29, 1.82) is 0 Å². The third-order valence-electron chi connectivity index (χ3n) is 3.16. The molecular weight excluding hydrogens is 460 g/mol. The number of ether oxygens (including phenoxy) is 3. The second-order valence-electron chi connectivity index (χ2n) is 6.01. The summed E-state index contributed by atoms with van der Waals surface area (Å²) in [6.45, 7) is 2.00. The summed E-state index contributed by atoms with van der Waals surface area (Å²) in [4.78, 5) is 40.7. The van der Waals surface area contributed by atoms with E-state index in [9.17, 15) is 19.2 Å². The fraction of sp³-hybridized carbons (Fsp3) is 0.273. The van der Waals surface area contributed by atoms with Crippen LogP contribution in [0.3, 0.4) is 0 Å². The Balaban J connectivity index is 0.000000542. The summed E-state index contributed by atoms with van der Waals surface area (Å²) in [5.74, 6) is -2.09. The van der Waals surface area contributed by atoms with Gasteiger partial charge in [-0.2, -0.15) is 0 Å². The zero-order valence-electron chi connectivity index (χ0n) is 17.9. The Morgan fingerprint density at radius 3 is 1.52 bits per heavy atom. The summed E-state index contributed by atoms with van der Waals surface area (Å²) < 4.78 is 14.7. The molecule has 0 fully saturated rings. The Kier molecular flexibility index (Phi) is 15.1. The summed E-state index contributed by atoms with van der Waals surface area (Å²) in [5, 5.41) is 25.6. The highest BCUT2D eigenvalue weighted by molar-refractivity contribution is 6.62. The molecule has 2 rings (SSSR count). The number of carboxylic acid groups (broad SMARTS) is 2. The van der Waals surface area contributed by atoms with Gasteiger partial charge in [0.1, 0.15) is 24.7 Å². The van der Waals surface area contributed by atoms with Gasteiger partial charge in [-0.25, -0.2) is 9.59 Å². The standard InChI is InChI=1S/C11H12O5.C9H10O4.C2H3ClO/c1-8(12)16-10(11(13)14)7-15-9-5-3-2-4-6-9;10-8(9(11)12)6-13-7-4-2-1-3-5-7;1-2(3)4/h2-6,10H,7H2,1H3,(H,13,14);1-5,8,10H,6H2,(H,11,12);1H3/t10-;8-;/m11./s1. The van der Waals surface area contributed by atoms with Gasteiger partial charge in [-0.05, 0) is 35.9 Å². The number of hydrogen-bond acceptors (Lipinski definition) is 8. The van der Waals surface area contributed by atoms with E-state index in [1.54, 1.807) is 48.5 Å². The van der Waals surface area contributed by atoms with Gasteiger partial charge < -0.3 is 29.5 Å². The smallest absolute Gasteiger partial charge is 0.348 e. The zero-order chi connectivity index (χ0) is 25.2. The number of rotatable bonds is 9. The Morgan fingerprint density at radius 2 is 1.18 bits per heavy atom. The molecule has 33 heavy (non-hydrogen) atoms. The fourth-order valence-corrected chi connectivity index (χ4v) is 1.81. The normalized spacial score (nSPS) is 11.2. The SMILES string of the molecule is CC(=O)Cl.CC(=O)O[C@H](COc1ccccc1)C(=O)O.O=C(O)[C@H](O)COc1ccccc1. The lowest BCUT2D eigenvalue weighted by Crippen LogP contribution is -2.32. The number of carboxylic acids is 2. The maximum absolute atomic E-state index is 10.7. The van der Waals surface area contributed by atoms with Gasteiger partial charge in [0.05, 0.1) is 0 Å². The lowest BCUT2D eigenvalue weighted by Gasteiger charge is -2.13. The maximum Gasteiger partial charge on any atom is 0.348 e. The van der Waals surface area contributed by atoms with Gasteiger partial charge in [0.25, 0.3) is 0 Å². The lowest BCUT2D eigenvalue weighted by atomic mass is 10.3. The maximum atomic E-state index is 10.7. The van der Waals surface area contributed by atoms with Gasteiger partial charge in [-0.15, -0.1) is 0 Å². The first-order valence-electron chi connectivity index (χ1n) is 9.35. The third kappa shape index (κ3) is 16.7. The lowest BCUT2D eigenvalue weighted by molar-refractivity contribution is -0.164. The molecule has 180 valence electrons. The minimum atomic E-state index is -1.47. The van der Waals surface area contributed by atoms with Crippen LogP contribution in [0.5, 0.6) is 11.5 Å². The summed E-state index contributed by atoms with van der Waals surface area (Å²) in [6, 6.07) is 17.4. The number of hydrogen-bond donors (Lipinski definition) is 3. The van der Waals surface area contributed by atoms with Crippen molar-refractivity contribution in [2.45, 2.75) is 26.1 Å². The van der Waals surface area contributed by atoms with Gasteiger partial charge in [0.2, 0.25) is 11.3 Å². The highest BCUT2D eigenvalue weighted by atomic mass is 35.5. The van der Waals surface area contributed by atoms with Gasteiger partial charge in [0.15, 0.2) is 6.10 Å². The molecule has 0 aliphatic rings. The Labute approximate surface area is 195 Å². The number of carbonyl (C=O) groups is 4. The molecule has 0 bridgehead atoms. The molecule has 2 atom stereocenters. The van der Waals surface area contributed by atoms with Crippen LogP contribution >= 0.6 is 11.6 Å². The van der Waals surface area contributed by atoms with Crippen LogP contribution in [0.2, 0.25) is 0 Å². The second-order valence-corrected chi connectivity index (χ2v) is 6.54. The van der Waals surface area contributed by atoms with Crippen LogP contribution in [0.4, 0.5) is 0 Å². The van der Waals surface area contributed by atoms with Crippen LogP contribution in [0.25, 0.3) is 0 Å².